The molecule has 5 heteroatoms. The minimum atomic E-state index is 0.446. The number of amidine groups is 1. The highest BCUT2D eigenvalue weighted by atomic mass is 16.5. The molecule has 0 unspecified atom stereocenters. The summed E-state index contributed by atoms with van der Waals surface area (Å²) in [4.78, 5) is 8.80. The predicted molar refractivity (Wildman–Crippen MR) is 99.7 cm³/mol. The molecule has 0 atom stereocenters. The maximum atomic E-state index is 8.56. The molecule has 2 aliphatic rings. The van der Waals surface area contributed by atoms with Crippen LogP contribution in [0.15, 0.2) is 65.7 Å². The predicted octanol–water partition coefficient (Wildman–Crippen LogP) is 3.20. The molecule has 0 aromatic heterocycles. The number of aliphatic imine (C=N–C) groups is 1. The van der Waals surface area contributed by atoms with Crippen LogP contribution in [-0.4, -0.2) is 41.8 Å². The van der Waals surface area contributed by atoms with Crippen LogP contribution in [0, 0.1) is 5.41 Å². The van der Waals surface area contributed by atoms with Gasteiger partial charge in [0.1, 0.15) is 11.6 Å². The van der Waals surface area contributed by atoms with E-state index in [4.69, 9.17) is 10.1 Å². The smallest absolute Gasteiger partial charge is 0.207 e. The fourth-order valence-corrected chi connectivity index (χ4v) is 3.30. The van der Waals surface area contributed by atoms with E-state index in [1.807, 2.05) is 53.4 Å². The summed E-state index contributed by atoms with van der Waals surface area (Å²) in [5.41, 5.74) is 3.19. The highest BCUT2D eigenvalue weighted by Crippen LogP contribution is 2.29. The minimum Gasteiger partial charge on any atom is -0.496 e. The summed E-state index contributed by atoms with van der Waals surface area (Å²) in [6.45, 7) is 2.15. The Labute approximate surface area is 147 Å². The van der Waals surface area contributed by atoms with Gasteiger partial charge in [0.25, 0.3) is 0 Å². The number of methoxy groups -OCH3 is 1. The highest BCUT2D eigenvalue weighted by molar-refractivity contribution is 6.13. The zero-order valence-corrected chi connectivity index (χ0v) is 14.1. The first-order valence-corrected chi connectivity index (χ1v) is 8.35. The molecule has 0 radical (unpaired) electrons. The van der Waals surface area contributed by atoms with Crippen LogP contribution >= 0.6 is 0 Å². The zero-order valence-electron chi connectivity index (χ0n) is 14.1. The highest BCUT2D eigenvalue weighted by Gasteiger charge is 2.33. The number of nitrogens with zero attached hydrogens (tertiary/aromatic N) is 3. The molecule has 0 bridgehead atoms. The third-order valence-electron chi connectivity index (χ3n) is 4.51. The number of ether oxygens (including phenoxy) is 1. The Morgan fingerprint density at radius 3 is 2.64 bits per heavy atom. The average Bonchev–Trinajstić information content (AvgIpc) is 3.14. The Morgan fingerprint density at radius 2 is 1.84 bits per heavy atom. The van der Waals surface area contributed by atoms with Gasteiger partial charge in [0.2, 0.25) is 5.96 Å². The van der Waals surface area contributed by atoms with Crippen LogP contribution in [0.1, 0.15) is 11.1 Å². The molecule has 2 aliphatic heterocycles. The topological polar surface area (TPSA) is 51.9 Å². The van der Waals surface area contributed by atoms with Crippen LogP contribution < -0.4 is 4.74 Å². The molecule has 126 valence electrons. The van der Waals surface area contributed by atoms with Gasteiger partial charge in [-0.15, -0.1) is 0 Å². The number of guanidine groups is 1. The molecule has 0 spiro atoms. The van der Waals surface area contributed by atoms with E-state index in [9.17, 15) is 0 Å². The Kier molecular flexibility index (Phi) is 3.98. The van der Waals surface area contributed by atoms with E-state index in [2.05, 4.69) is 22.0 Å². The number of hydrogen-bond acceptors (Lipinski definition) is 4. The van der Waals surface area contributed by atoms with Crippen molar-refractivity contribution in [2.45, 2.75) is 6.54 Å². The second-order valence-electron chi connectivity index (χ2n) is 6.01. The summed E-state index contributed by atoms with van der Waals surface area (Å²) in [6.07, 6.45) is 1.93. The van der Waals surface area contributed by atoms with Crippen molar-refractivity contribution in [1.29, 1.82) is 5.41 Å². The number of nitrogens with one attached hydrogen (secondary N) is 1. The van der Waals surface area contributed by atoms with Crippen molar-refractivity contribution in [2.75, 3.05) is 20.2 Å². The van der Waals surface area contributed by atoms with Gasteiger partial charge in [0.15, 0.2) is 0 Å². The maximum Gasteiger partial charge on any atom is 0.207 e. The summed E-state index contributed by atoms with van der Waals surface area (Å²) in [5.74, 6) is 2.12. The number of fused-ring (bicyclic) bond motifs is 1. The largest absolute Gasteiger partial charge is 0.496 e. The lowest BCUT2D eigenvalue weighted by molar-refractivity contribution is 0.401. The van der Waals surface area contributed by atoms with Crippen LogP contribution in [0.2, 0.25) is 0 Å². The van der Waals surface area contributed by atoms with Crippen LogP contribution in [0.4, 0.5) is 0 Å². The fourth-order valence-electron chi connectivity index (χ4n) is 3.30. The normalized spacial score (nSPS) is 16.4. The van der Waals surface area contributed by atoms with Gasteiger partial charge in [-0.05, 0) is 11.6 Å². The number of rotatable bonds is 4. The van der Waals surface area contributed by atoms with Crippen LogP contribution in [0.5, 0.6) is 5.75 Å². The SMILES string of the molecule is COc1ccccc1CN1C(=N)C=C(c2ccccc2)N2CCN=C12. The lowest BCUT2D eigenvalue weighted by atomic mass is 10.1. The first-order valence-electron chi connectivity index (χ1n) is 8.35. The van der Waals surface area contributed by atoms with Gasteiger partial charge in [0, 0.05) is 18.2 Å². The molecule has 0 fully saturated rings. The monoisotopic (exact) mass is 332 g/mol. The molecule has 25 heavy (non-hydrogen) atoms. The van der Waals surface area contributed by atoms with E-state index in [1.165, 1.54) is 0 Å². The van der Waals surface area contributed by atoms with Gasteiger partial charge in [0.05, 0.1) is 25.9 Å². The summed E-state index contributed by atoms with van der Waals surface area (Å²) in [6, 6.07) is 18.1. The number of hydrogen-bond donors (Lipinski definition) is 1. The van der Waals surface area contributed by atoms with E-state index >= 15 is 0 Å². The van der Waals surface area contributed by atoms with Gasteiger partial charge < -0.3 is 9.64 Å². The zero-order chi connectivity index (χ0) is 17.2. The molecule has 0 aliphatic carbocycles. The van der Waals surface area contributed by atoms with E-state index in [0.29, 0.717) is 12.4 Å². The Morgan fingerprint density at radius 1 is 1.08 bits per heavy atom. The molecule has 2 aromatic rings. The Balaban J connectivity index is 1.69. The Hall–Kier alpha value is -3.08. The Bertz CT molecular complexity index is 857. The van der Waals surface area contributed by atoms with Crippen molar-refractivity contribution in [2.24, 2.45) is 4.99 Å². The van der Waals surface area contributed by atoms with E-state index < -0.39 is 0 Å². The van der Waals surface area contributed by atoms with Gasteiger partial charge in [-0.2, -0.15) is 0 Å². The molecule has 5 nitrogen and oxygen atoms in total. The average molecular weight is 332 g/mol. The second kappa shape index (κ2) is 6.43. The summed E-state index contributed by atoms with van der Waals surface area (Å²) in [7, 11) is 1.67. The lowest BCUT2D eigenvalue weighted by Gasteiger charge is -2.36. The third-order valence-corrected chi connectivity index (χ3v) is 4.51. The van der Waals surface area contributed by atoms with Crippen LogP contribution in [0.25, 0.3) is 5.70 Å². The van der Waals surface area contributed by atoms with Crippen LogP contribution in [0.3, 0.4) is 0 Å². The minimum absolute atomic E-state index is 0.446. The molecule has 4 rings (SSSR count). The molecular formula is C20H20N4O. The van der Waals surface area contributed by atoms with Gasteiger partial charge in [-0.3, -0.25) is 15.3 Å². The summed E-state index contributed by atoms with van der Waals surface area (Å²) >= 11 is 0. The summed E-state index contributed by atoms with van der Waals surface area (Å²) in [5, 5.41) is 8.56. The standard InChI is InChI=1S/C20H20N4O/c1-25-18-10-6-5-9-16(18)14-24-19(21)13-17(15-7-3-2-4-8-15)23-12-11-22-20(23)24/h2-10,13,21H,11-12,14H2,1H3. The number of para-hydroxylation sites is 1. The van der Waals surface area contributed by atoms with Crippen molar-refractivity contribution in [3.8, 4) is 5.75 Å². The second-order valence-corrected chi connectivity index (χ2v) is 6.01. The molecule has 2 heterocycles. The quantitative estimate of drug-likeness (QED) is 0.935. The molecule has 0 saturated heterocycles. The van der Waals surface area contributed by atoms with Crippen molar-refractivity contribution in [3.05, 3.63) is 71.8 Å². The van der Waals surface area contributed by atoms with Gasteiger partial charge in [-0.1, -0.05) is 48.5 Å². The van der Waals surface area contributed by atoms with Crippen molar-refractivity contribution >= 4 is 17.5 Å². The molecular weight excluding hydrogens is 312 g/mol. The van der Waals surface area contributed by atoms with Crippen molar-refractivity contribution in [3.63, 3.8) is 0 Å². The van der Waals surface area contributed by atoms with Crippen molar-refractivity contribution in [1.82, 2.24) is 9.80 Å². The lowest BCUT2D eigenvalue weighted by Crippen LogP contribution is -2.47. The van der Waals surface area contributed by atoms with E-state index in [0.717, 1.165) is 41.6 Å². The molecule has 2 aromatic carbocycles. The van der Waals surface area contributed by atoms with Gasteiger partial charge >= 0.3 is 0 Å². The first-order chi connectivity index (χ1) is 12.3. The summed E-state index contributed by atoms with van der Waals surface area (Å²) < 4.78 is 5.46. The maximum absolute atomic E-state index is 8.56. The van der Waals surface area contributed by atoms with Crippen molar-refractivity contribution < 1.29 is 4.74 Å². The molecule has 0 saturated carbocycles. The molecule has 0 amide bonds. The van der Waals surface area contributed by atoms with Gasteiger partial charge in [-0.25, -0.2) is 0 Å². The number of benzene rings is 2. The third kappa shape index (κ3) is 2.78. The molecule has 1 N–H and O–H groups in total. The first kappa shape index (κ1) is 15.4. The van der Waals surface area contributed by atoms with E-state index in [1.54, 1.807) is 7.11 Å². The van der Waals surface area contributed by atoms with Crippen LogP contribution in [-0.2, 0) is 6.54 Å². The van der Waals surface area contributed by atoms with E-state index in [-0.39, 0.29) is 0 Å². The fraction of sp³-hybridized carbons (Fsp3) is 0.200.